The van der Waals surface area contributed by atoms with E-state index >= 15 is 0 Å². The zero-order valence-electron chi connectivity index (χ0n) is 12.0. The summed E-state index contributed by atoms with van der Waals surface area (Å²) in [6.07, 6.45) is 6.68. The van der Waals surface area contributed by atoms with Crippen LogP contribution >= 0.6 is 11.6 Å². The molecule has 0 aliphatic carbocycles. The van der Waals surface area contributed by atoms with E-state index in [0.717, 1.165) is 23.7 Å². The number of nitrogens with one attached hydrogen (secondary N) is 1. The van der Waals surface area contributed by atoms with Gasteiger partial charge in [0.2, 0.25) is 0 Å². The average Bonchev–Trinajstić information content (AvgIpc) is 2.76. The van der Waals surface area contributed by atoms with Crippen LogP contribution in [0.1, 0.15) is 58.2 Å². The third-order valence-electron chi connectivity index (χ3n) is 3.66. The molecule has 0 radical (unpaired) electrons. The van der Waals surface area contributed by atoms with E-state index in [-0.39, 0.29) is 0 Å². The Morgan fingerprint density at radius 3 is 2.61 bits per heavy atom. The van der Waals surface area contributed by atoms with Crippen molar-refractivity contribution in [1.82, 2.24) is 15.1 Å². The molecule has 18 heavy (non-hydrogen) atoms. The van der Waals surface area contributed by atoms with Crippen LogP contribution in [0.5, 0.6) is 0 Å². The highest BCUT2D eigenvalue weighted by molar-refractivity contribution is 6.31. The van der Waals surface area contributed by atoms with E-state index in [4.69, 9.17) is 11.6 Å². The Morgan fingerprint density at radius 1 is 1.39 bits per heavy atom. The molecule has 3 nitrogen and oxygen atoms in total. The Kier molecular flexibility index (Phi) is 6.72. The molecule has 0 bridgehead atoms. The quantitative estimate of drug-likeness (QED) is 0.774. The van der Waals surface area contributed by atoms with Gasteiger partial charge in [-0.2, -0.15) is 5.10 Å². The number of hydrogen-bond acceptors (Lipinski definition) is 2. The fraction of sp³-hybridized carbons (Fsp3) is 0.786. The largest absolute Gasteiger partial charge is 0.311 e. The lowest BCUT2D eigenvalue weighted by Gasteiger charge is -2.27. The van der Waals surface area contributed by atoms with Crippen LogP contribution in [-0.4, -0.2) is 16.8 Å². The molecule has 4 heteroatoms. The van der Waals surface area contributed by atoms with Gasteiger partial charge in [-0.15, -0.1) is 0 Å². The van der Waals surface area contributed by atoms with Crippen molar-refractivity contribution < 1.29 is 0 Å². The van der Waals surface area contributed by atoms with Gasteiger partial charge in [0.1, 0.15) is 0 Å². The smallest absolute Gasteiger partial charge is 0.0834 e. The van der Waals surface area contributed by atoms with E-state index in [0.29, 0.717) is 12.0 Å². The molecule has 104 valence electrons. The van der Waals surface area contributed by atoms with Crippen molar-refractivity contribution in [2.75, 3.05) is 7.05 Å². The van der Waals surface area contributed by atoms with Crippen LogP contribution in [0.25, 0.3) is 0 Å². The van der Waals surface area contributed by atoms with Gasteiger partial charge >= 0.3 is 0 Å². The summed E-state index contributed by atoms with van der Waals surface area (Å²) < 4.78 is 2.01. The standard InChI is InChI=1S/C14H26ClN3/c1-5-8-9-11(6-2)13(16-4)14-12(15)10-17-18(14)7-3/h10-11,13,16H,5-9H2,1-4H3. The number of hydrogen-bond donors (Lipinski definition) is 1. The number of nitrogens with zero attached hydrogens (tertiary/aromatic N) is 2. The van der Waals surface area contributed by atoms with Crippen molar-refractivity contribution in [3.05, 3.63) is 16.9 Å². The summed E-state index contributed by atoms with van der Waals surface area (Å²) in [4.78, 5) is 0. The zero-order valence-corrected chi connectivity index (χ0v) is 12.8. The molecule has 0 amide bonds. The number of rotatable bonds is 8. The predicted octanol–water partition coefficient (Wildman–Crippen LogP) is 4.03. The fourth-order valence-electron chi connectivity index (χ4n) is 2.60. The van der Waals surface area contributed by atoms with Gasteiger partial charge < -0.3 is 5.32 Å². The van der Waals surface area contributed by atoms with E-state index in [9.17, 15) is 0 Å². The van der Waals surface area contributed by atoms with E-state index in [1.807, 2.05) is 11.7 Å². The minimum Gasteiger partial charge on any atom is -0.311 e. The van der Waals surface area contributed by atoms with Crippen molar-refractivity contribution in [3.8, 4) is 0 Å². The molecule has 1 heterocycles. The van der Waals surface area contributed by atoms with Gasteiger partial charge in [-0.25, -0.2) is 0 Å². The van der Waals surface area contributed by atoms with Crippen LogP contribution in [0, 0.1) is 5.92 Å². The summed E-state index contributed by atoms with van der Waals surface area (Å²) in [6.45, 7) is 7.46. The maximum absolute atomic E-state index is 6.31. The van der Waals surface area contributed by atoms with Crippen LogP contribution < -0.4 is 5.32 Å². The minimum absolute atomic E-state index is 0.302. The van der Waals surface area contributed by atoms with Crippen molar-refractivity contribution in [3.63, 3.8) is 0 Å². The first-order valence-corrected chi connectivity index (χ1v) is 7.45. The van der Waals surface area contributed by atoms with Crippen molar-refractivity contribution in [1.29, 1.82) is 0 Å². The second-order valence-corrected chi connectivity index (χ2v) is 5.18. The molecule has 0 spiro atoms. The summed E-state index contributed by atoms with van der Waals surface area (Å²) in [5.74, 6) is 0.620. The molecular weight excluding hydrogens is 246 g/mol. The normalized spacial score (nSPS) is 14.7. The highest BCUT2D eigenvalue weighted by Crippen LogP contribution is 2.32. The molecule has 1 rings (SSSR count). The summed E-state index contributed by atoms with van der Waals surface area (Å²) in [5.41, 5.74) is 1.14. The molecule has 1 N–H and O–H groups in total. The van der Waals surface area contributed by atoms with E-state index in [1.165, 1.54) is 19.3 Å². The van der Waals surface area contributed by atoms with Crippen LogP contribution in [0.15, 0.2) is 6.20 Å². The van der Waals surface area contributed by atoms with Crippen LogP contribution in [-0.2, 0) is 6.54 Å². The van der Waals surface area contributed by atoms with Crippen molar-refractivity contribution >= 4 is 11.6 Å². The van der Waals surface area contributed by atoms with Crippen LogP contribution in [0.4, 0.5) is 0 Å². The molecule has 2 unspecified atom stereocenters. The lowest BCUT2D eigenvalue weighted by molar-refractivity contribution is 0.322. The second kappa shape index (κ2) is 7.80. The van der Waals surface area contributed by atoms with Gasteiger partial charge in [-0.1, -0.05) is 44.7 Å². The van der Waals surface area contributed by atoms with Crippen LogP contribution in [0.3, 0.4) is 0 Å². The first-order chi connectivity index (χ1) is 8.69. The number of unbranched alkanes of at least 4 members (excludes halogenated alkanes) is 1. The summed E-state index contributed by atoms with van der Waals surface area (Å²) in [6, 6.07) is 0.302. The van der Waals surface area contributed by atoms with E-state index < -0.39 is 0 Å². The first-order valence-electron chi connectivity index (χ1n) is 7.07. The monoisotopic (exact) mass is 271 g/mol. The maximum Gasteiger partial charge on any atom is 0.0834 e. The second-order valence-electron chi connectivity index (χ2n) is 4.77. The van der Waals surface area contributed by atoms with Gasteiger partial charge in [0.15, 0.2) is 0 Å². The molecule has 1 aromatic rings. The molecule has 1 aromatic heterocycles. The average molecular weight is 272 g/mol. The Balaban J connectivity index is 2.95. The fourth-order valence-corrected chi connectivity index (χ4v) is 2.86. The Morgan fingerprint density at radius 2 is 2.11 bits per heavy atom. The third kappa shape index (κ3) is 3.48. The molecule has 0 saturated heterocycles. The number of halogens is 1. The topological polar surface area (TPSA) is 29.9 Å². The zero-order chi connectivity index (χ0) is 13.5. The molecule has 0 aromatic carbocycles. The van der Waals surface area contributed by atoms with Gasteiger partial charge in [-0.05, 0) is 26.3 Å². The van der Waals surface area contributed by atoms with Crippen molar-refractivity contribution in [2.24, 2.45) is 5.92 Å². The molecule has 0 aliphatic rings. The minimum atomic E-state index is 0.302. The summed E-state index contributed by atoms with van der Waals surface area (Å²) >= 11 is 6.31. The molecule has 0 fully saturated rings. The van der Waals surface area contributed by atoms with Gasteiger partial charge in [-0.3, -0.25) is 4.68 Å². The Labute approximate surface area is 116 Å². The predicted molar refractivity (Wildman–Crippen MR) is 78.0 cm³/mol. The number of aromatic nitrogens is 2. The summed E-state index contributed by atoms with van der Waals surface area (Å²) in [7, 11) is 2.02. The Hall–Kier alpha value is -0.540. The molecule has 0 saturated carbocycles. The van der Waals surface area contributed by atoms with Gasteiger partial charge in [0, 0.05) is 6.54 Å². The highest BCUT2D eigenvalue weighted by Gasteiger charge is 2.25. The lowest BCUT2D eigenvalue weighted by Crippen LogP contribution is -2.28. The number of aryl methyl sites for hydroxylation is 1. The molecule has 0 aliphatic heterocycles. The SMILES string of the molecule is CCCCC(CC)C(NC)c1c(Cl)cnn1CC. The molecule has 2 atom stereocenters. The lowest BCUT2D eigenvalue weighted by atomic mass is 9.89. The van der Waals surface area contributed by atoms with Crippen molar-refractivity contribution in [2.45, 2.75) is 59.0 Å². The molecular formula is C14H26ClN3. The van der Waals surface area contributed by atoms with E-state index in [2.05, 4.69) is 31.2 Å². The third-order valence-corrected chi connectivity index (χ3v) is 3.95. The van der Waals surface area contributed by atoms with E-state index in [1.54, 1.807) is 6.20 Å². The van der Waals surface area contributed by atoms with Crippen LogP contribution in [0.2, 0.25) is 5.02 Å². The maximum atomic E-state index is 6.31. The highest BCUT2D eigenvalue weighted by atomic mass is 35.5. The van der Waals surface area contributed by atoms with Gasteiger partial charge in [0.05, 0.1) is 23.0 Å². The summed E-state index contributed by atoms with van der Waals surface area (Å²) in [5, 5.41) is 8.56. The first kappa shape index (κ1) is 15.5. The Bertz CT molecular complexity index is 349. The van der Waals surface area contributed by atoms with Gasteiger partial charge in [0.25, 0.3) is 0 Å².